The quantitative estimate of drug-likeness (QED) is 0.761. The molecule has 0 unspecified atom stereocenters. The second-order valence-electron chi connectivity index (χ2n) is 5.97. The second-order valence-corrected chi connectivity index (χ2v) is 7.26. The number of piperidine rings is 1. The summed E-state index contributed by atoms with van der Waals surface area (Å²) in [5, 5.41) is 15.2. The molecular formula is C18H18ClN3O3S. The molecule has 1 aromatic heterocycles. The molecule has 26 heavy (non-hydrogen) atoms. The maximum Gasteiger partial charge on any atom is 0.328 e. The fourth-order valence-electron chi connectivity index (χ4n) is 2.76. The van der Waals surface area contributed by atoms with Gasteiger partial charge in [0.05, 0.1) is 5.69 Å². The Morgan fingerprint density at radius 2 is 1.96 bits per heavy atom. The number of carboxylic acid groups (broad SMARTS) is 1. The normalized spacial score (nSPS) is 15.3. The third-order valence-corrected chi connectivity index (χ3v) is 5.16. The minimum atomic E-state index is -0.995. The van der Waals surface area contributed by atoms with E-state index in [4.69, 9.17) is 16.7 Å². The molecule has 8 heteroatoms. The summed E-state index contributed by atoms with van der Waals surface area (Å²) in [7, 11) is 0. The fourth-order valence-corrected chi connectivity index (χ4v) is 3.64. The number of carbonyl (C=O) groups excluding carboxylic acids is 1. The predicted molar refractivity (Wildman–Crippen MR) is 103 cm³/mol. The first-order valence-electron chi connectivity index (χ1n) is 8.19. The lowest BCUT2D eigenvalue weighted by Gasteiger charge is -2.32. The summed E-state index contributed by atoms with van der Waals surface area (Å²) in [4.78, 5) is 29.2. The zero-order chi connectivity index (χ0) is 18.5. The van der Waals surface area contributed by atoms with Gasteiger partial charge in [-0.05, 0) is 43.2 Å². The number of nitrogens with one attached hydrogen (secondary N) is 1. The molecule has 1 saturated heterocycles. The number of hydrogen-bond acceptors (Lipinski definition) is 5. The van der Waals surface area contributed by atoms with Gasteiger partial charge in [-0.2, -0.15) is 0 Å². The third-order valence-electron chi connectivity index (χ3n) is 4.12. The van der Waals surface area contributed by atoms with Crippen LogP contribution < -0.4 is 5.32 Å². The number of thiazole rings is 1. The van der Waals surface area contributed by atoms with E-state index in [0.29, 0.717) is 29.4 Å². The molecule has 1 amide bonds. The molecule has 136 valence electrons. The molecule has 0 atom stereocenters. The number of hydrogen-bond donors (Lipinski definition) is 2. The van der Waals surface area contributed by atoms with Gasteiger partial charge >= 0.3 is 5.97 Å². The zero-order valence-electron chi connectivity index (χ0n) is 13.9. The summed E-state index contributed by atoms with van der Waals surface area (Å²) >= 11 is 7.30. The van der Waals surface area contributed by atoms with E-state index in [1.54, 1.807) is 29.6 Å². The molecule has 2 aromatic rings. The highest BCUT2D eigenvalue weighted by molar-refractivity contribution is 7.13. The number of benzene rings is 1. The number of likely N-dealkylation sites (tertiary alicyclic amines) is 1. The van der Waals surface area contributed by atoms with Crippen LogP contribution in [-0.4, -0.2) is 46.0 Å². The van der Waals surface area contributed by atoms with Crippen LogP contribution in [0, 0.1) is 0 Å². The van der Waals surface area contributed by atoms with Gasteiger partial charge in [-0.15, -0.1) is 11.3 Å². The maximum atomic E-state index is 12.5. The summed E-state index contributed by atoms with van der Waals surface area (Å²) < 4.78 is 0. The zero-order valence-corrected chi connectivity index (χ0v) is 15.5. The Morgan fingerprint density at radius 1 is 1.27 bits per heavy atom. The predicted octanol–water partition coefficient (Wildman–Crippen LogP) is 3.61. The van der Waals surface area contributed by atoms with Gasteiger partial charge in [0.1, 0.15) is 0 Å². The lowest BCUT2D eigenvalue weighted by atomic mass is 10.0. The van der Waals surface area contributed by atoms with E-state index in [-0.39, 0.29) is 11.9 Å². The highest BCUT2D eigenvalue weighted by atomic mass is 35.5. The minimum absolute atomic E-state index is 0.0236. The molecule has 2 N–H and O–H groups in total. The van der Waals surface area contributed by atoms with Crippen molar-refractivity contribution in [2.75, 3.05) is 18.4 Å². The topological polar surface area (TPSA) is 82.5 Å². The van der Waals surface area contributed by atoms with Gasteiger partial charge in [0, 0.05) is 41.2 Å². The van der Waals surface area contributed by atoms with E-state index in [2.05, 4.69) is 10.3 Å². The van der Waals surface area contributed by atoms with Gasteiger partial charge in [-0.25, -0.2) is 9.78 Å². The summed E-state index contributed by atoms with van der Waals surface area (Å²) in [6, 6.07) is 7.18. The number of amides is 1. The van der Waals surface area contributed by atoms with Crippen LogP contribution in [0.1, 0.15) is 28.9 Å². The SMILES string of the molecule is O=C(O)/C=C/c1csc(NC2CCN(C(=O)c3ccc(Cl)cc3)CC2)n1. The average Bonchev–Trinajstić information content (AvgIpc) is 3.08. The van der Waals surface area contributed by atoms with Gasteiger partial charge < -0.3 is 15.3 Å². The lowest BCUT2D eigenvalue weighted by molar-refractivity contribution is -0.131. The Balaban J connectivity index is 1.51. The number of aliphatic carboxylic acids is 1. The Kier molecular flexibility index (Phi) is 5.90. The Bertz CT molecular complexity index is 811. The summed E-state index contributed by atoms with van der Waals surface area (Å²) in [5.74, 6) is -0.972. The van der Waals surface area contributed by atoms with Crippen LogP contribution in [0.4, 0.5) is 5.13 Å². The first-order valence-corrected chi connectivity index (χ1v) is 9.45. The van der Waals surface area contributed by atoms with Gasteiger partial charge in [-0.3, -0.25) is 4.79 Å². The number of carboxylic acids is 1. The summed E-state index contributed by atoms with van der Waals surface area (Å²) in [5.41, 5.74) is 1.27. The van der Waals surface area contributed by atoms with Crippen LogP contribution in [0.25, 0.3) is 6.08 Å². The van der Waals surface area contributed by atoms with Crippen molar-refractivity contribution in [3.05, 3.63) is 52.0 Å². The second kappa shape index (κ2) is 8.33. The smallest absolute Gasteiger partial charge is 0.328 e. The molecule has 1 aliphatic heterocycles. The molecular weight excluding hydrogens is 374 g/mol. The van der Waals surface area contributed by atoms with Gasteiger partial charge in [-0.1, -0.05) is 11.6 Å². The van der Waals surface area contributed by atoms with E-state index >= 15 is 0 Å². The Labute approximate surface area is 160 Å². The van der Waals surface area contributed by atoms with Crippen molar-refractivity contribution in [2.45, 2.75) is 18.9 Å². The highest BCUT2D eigenvalue weighted by Crippen LogP contribution is 2.22. The van der Waals surface area contributed by atoms with E-state index in [1.165, 1.54) is 17.4 Å². The molecule has 1 fully saturated rings. The number of rotatable bonds is 5. The van der Waals surface area contributed by atoms with Crippen molar-refractivity contribution in [3.63, 3.8) is 0 Å². The van der Waals surface area contributed by atoms with Gasteiger partial charge in [0.15, 0.2) is 5.13 Å². The number of anilines is 1. The molecule has 0 radical (unpaired) electrons. The van der Waals surface area contributed by atoms with Crippen molar-refractivity contribution in [1.29, 1.82) is 0 Å². The van der Waals surface area contributed by atoms with Crippen molar-refractivity contribution < 1.29 is 14.7 Å². The molecule has 2 heterocycles. The molecule has 0 bridgehead atoms. The summed E-state index contributed by atoms with van der Waals surface area (Å²) in [6.45, 7) is 1.35. The van der Waals surface area contributed by atoms with E-state index in [0.717, 1.165) is 24.0 Å². The van der Waals surface area contributed by atoms with Gasteiger partial charge in [0.25, 0.3) is 5.91 Å². The molecule has 1 aliphatic rings. The minimum Gasteiger partial charge on any atom is -0.478 e. The van der Waals surface area contributed by atoms with Crippen LogP contribution in [0.2, 0.25) is 5.02 Å². The largest absolute Gasteiger partial charge is 0.478 e. The Morgan fingerprint density at radius 3 is 2.62 bits per heavy atom. The van der Waals surface area contributed by atoms with Crippen LogP contribution in [-0.2, 0) is 4.79 Å². The maximum absolute atomic E-state index is 12.5. The first-order chi connectivity index (χ1) is 12.5. The van der Waals surface area contributed by atoms with Crippen molar-refractivity contribution in [1.82, 2.24) is 9.88 Å². The van der Waals surface area contributed by atoms with E-state index in [9.17, 15) is 9.59 Å². The molecule has 6 nitrogen and oxygen atoms in total. The molecule has 0 spiro atoms. The van der Waals surface area contributed by atoms with Crippen LogP contribution in [0.3, 0.4) is 0 Å². The van der Waals surface area contributed by atoms with Crippen molar-refractivity contribution in [3.8, 4) is 0 Å². The van der Waals surface area contributed by atoms with Crippen LogP contribution in [0.15, 0.2) is 35.7 Å². The number of carbonyl (C=O) groups is 2. The standard InChI is InChI=1S/C18H18ClN3O3S/c19-13-3-1-12(2-4-13)17(25)22-9-7-14(8-10-22)20-18-21-15(11-26-18)5-6-16(23)24/h1-6,11,14H,7-10H2,(H,20,21)(H,23,24)/b6-5+. The number of nitrogens with zero attached hydrogens (tertiary/aromatic N) is 2. The van der Waals surface area contributed by atoms with E-state index < -0.39 is 5.97 Å². The Hall–Kier alpha value is -2.38. The average molecular weight is 392 g/mol. The molecule has 3 rings (SSSR count). The van der Waals surface area contributed by atoms with Crippen LogP contribution >= 0.6 is 22.9 Å². The number of halogens is 1. The monoisotopic (exact) mass is 391 g/mol. The third kappa shape index (κ3) is 4.83. The molecule has 1 aromatic carbocycles. The summed E-state index contributed by atoms with van der Waals surface area (Å²) in [6.07, 6.45) is 4.20. The number of aromatic nitrogens is 1. The fraction of sp³-hybridized carbons (Fsp3) is 0.278. The van der Waals surface area contributed by atoms with Gasteiger partial charge in [0.2, 0.25) is 0 Å². The van der Waals surface area contributed by atoms with Crippen molar-refractivity contribution >= 4 is 46.0 Å². The molecule has 0 saturated carbocycles. The van der Waals surface area contributed by atoms with Crippen molar-refractivity contribution in [2.24, 2.45) is 0 Å². The molecule has 0 aliphatic carbocycles. The first kappa shape index (κ1) is 18.4. The van der Waals surface area contributed by atoms with Crippen LogP contribution in [0.5, 0.6) is 0 Å². The van der Waals surface area contributed by atoms with E-state index in [1.807, 2.05) is 4.90 Å². The lowest BCUT2D eigenvalue weighted by Crippen LogP contribution is -2.42. The highest BCUT2D eigenvalue weighted by Gasteiger charge is 2.24.